The predicted molar refractivity (Wildman–Crippen MR) is 159 cm³/mol. The van der Waals surface area contributed by atoms with Gasteiger partial charge in [-0.15, -0.1) is 6.58 Å². The summed E-state index contributed by atoms with van der Waals surface area (Å²) in [5.41, 5.74) is 2.38. The van der Waals surface area contributed by atoms with Gasteiger partial charge in [0.25, 0.3) is 0 Å². The van der Waals surface area contributed by atoms with E-state index in [0.717, 1.165) is 22.3 Å². The molecule has 3 aliphatic rings. The number of carbonyl (C=O) groups is 4. The number of rotatable bonds is 7. The highest BCUT2D eigenvalue weighted by atomic mass is 16.6. The summed E-state index contributed by atoms with van der Waals surface area (Å²) >= 11 is 0. The molecule has 0 spiro atoms. The lowest BCUT2D eigenvalue weighted by atomic mass is 9.98. The standard InChI is InChI=1S/C33H39N3O7/c1-6-21-18-33(21,29(38)41-7-2)34-28(37)27-19-35(16-17-36(27)31(40)43-32(3,4)5)30(39)42-20-26-24-14-10-8-12-22(24)23-13-9-11-15-25(23)26/h6,8-15,21,26-27H,1,7,16-20H2,2-5H3,(H,34,37)/t21?,27?,33-/m1/s1. The first-order valence-corrected chi connectivity index (χ1v) is 14.7. The molecule has 1 N–H and O–H groups in total. The van der Waals surface area contributed by atoms with Gasteiger partial charge >= 0.3 is 18.2 Å². The summed E-state index contributed by atoms with van der Waals surface area (Å²) in [7, 11) is 0. The lowest BCUT2D eigenvalue weighted by Gasteiger charge is -2.40. The van der Waals surface area contributed by atoms with Crippen LogP contribution in [0.3, 0.4) is 0 Å². The van der Waals surface area contributed by atoms with Crippen LogP contribution >= 0.6 is 0 Å². The molecule has 2 aliphatic carbocycles. The molecule has 0 radical (unpaired) electrons. The number of ether oxygens (including phenoxy) is 3. The van der Waals surface area contributed by atoms with E-state index in [1.165, 1.54) is 9.80 Å². The molecule has 1 heterocycles. The maximum absolute atomic E-state index is 13.7. The van der Waals surface area contributed by atoms with E-state index in [4.69, 9.17) is 14.2 Å². The Morgan fingerprint density at radius 1 is 0.977 bits per heavy atom. The molecule has 1 aliphatic heterocycles. The molecule has 10 nitrogen and oxygen atoms in total. The summed E-state index contributed by atoms with van der Waals surface area (Å²) < 4.78 is 16.6. The fourth-order valence-electron chi connectivity index (χ4n) is 5.96. The number of benzene rings is 2. The van der Waals surface area contributed by atoms with Gasteiger partial charge < -0.3 is 24.4 Å². The van der Waals surface area contributed by atoms with E-state index in [-0.39, 0.29) is 44.7 Å². The van der Waals surface area contributed by atoms with Crippen LogP contribution in [0.5, 0.6) is 0 Å². The molecule has 5 rings (SSSR count). The van der Waals surface area contributed by atoms with Crippen LogP contribution in [0.15, 0.2) is 61.2 Å². The average Bonchev–Trinajstić information content (AvgIpc) is 3.61. The van der Waals surface area contributed by atoms with Crippen molar-refractivity contribution in [2.45, 2.75) is 57.2 Å². The van der Waals surface area contributed by atoms with Gasteiger partial charge in [-0.1, -0.05) is 54.6 Å². The average molecular weight is 590 g/mol. The molecule has 10 heteroatoms. The van der Waals surface area contributed by atoms with Crippen molar-refractivity contribution in [3.63, 3.8) is 0 Å². The molecule has 1 saturated carbocycles. The second-order valence-electron chi connectivity index (χ2n) is 12.2. The fraction of sp³-hybridized carbons (Fsp3) is 0.455. The van der Waals surface area contributed by atoms with Crippen molar-refractivity contribution >= 4 is 24.1 Å². The van der Waals surface area contributed by atoms with Crippen LogP contribution in [0.2, 0.25) is 0 Å². The Balaban J connectivity index is 1.32. The van der Waals surface area contributed by atoms with E-state index in [1.807, 2.05) is 36.4 Å². The van der Waals surface area contributed by atoms with Crippen molar-refractivity contribution in [2.24, 2.45) is 5.92 Å². The van der Waals surface area contributed by atoms with Gasteiger partial charge in [0.15, 0.2) is 0 Å². The van der Waals surface area contributed by atoms with Crippen LogP contribution in [-0.4, -0.2) is 83.9 Å². The maximum Gasteiger partial charge on any atom is 0.411 e. The summed E-state index contributed by atoms with van der Waals surface area (Å²) in [4.78, 5) is 55.8. The summed E-state index contributed by atoms with van der Waals surface area (Å²) in [6.45, 7) is 11.0. The van der Waals surface area contributed by atoms with Crippen molar-refractivity contribution in [2.75, 3.05) is 32.8 Å². The zero-order valence-corrected chi connectivity index (χ0v) is 25.1. The summed E-state index contributed by atoms with van der Waals surface area (Å²) in [6, 6.07) is 15.0. The molecule has 3 atom stereocenters. The van der Waals surface area contributed by atoms with E-state index >= 15 is 0 Å². The van der Waals surface area contributed by atoms with Gasteiger partial charge in [0.05, 0.1) is 13.2 Å². The number of amides is 3. The van der Waals surface area contributed by atoms with E-state index in [1.54, 1.807) is 33.8 Å². The van der Waals surface area contributed by atoms with E-state index in [2.05, 4.69) is 24.0 Å². The zero-order chi connectivity index (χ0) is 30.9. The van der Waals surface area contributed by atoms with Crippen molar-refractivity contribution in [1.82, 2.24) is 15.1 Å². The second-order valence-corrected chi connectivity index (χ2v) is 12.2. The summed E-state index contributed by atoms with van der Waals surface area (Å²) in [6.07, 6.45) is 0.684. The SMILES string of the molecule is C=CC1C[C@]1(NC(=O)C1CN(C(=O)OCC2c3ccccc3-c3ccccc32)CCN1C(=O)OC(C)(C)C)C(=O)OCC. The molecule has 0 aromatic heterocycles. The van der Waals surface area contributed by atoms with E-state index in [0.29, 0.717) is 6.42 Å². The molecule has 2 aromatic rings. The minimum atomic E-state index is -1.25. The van der Waals surface area contributed by atoms with Crippen LogP contribution < -0.4 is 5.32 Å². The molecule has 2 aromatic carbocycles. The number of nitrogens with one attached hydrogen (secondary N) is 1. The Bertz CT molecular complexity index is 1390. The Kier molecular flexibility index (Phi) is 8.23. The quantitative estimate of drug-likeness (QED) is 0.288. The fourth-order valence-corrected chi connectivity index (χ4v) is 5.96. The first-order chi connectivity index (χ1) is 20.5. The number of piperazine rings is 1. The van der Waals surface area contributed by atoms with E-state index < -0.39 is 41.2 Å². The third-order valence-corrected chi connectivity index (χ3v) is 8.19. The van der Waals surface area contributed by atoms with Gasteiger partial charge in [0.1, 0.15) is 23.8 Å². The number of fused-ring (bicyclic) bond motifs is 3. The van der Waals surface area contributed by atoms with Gasteiger partial charge in [-0.05, 0) is 56.4 Å². The Labute approximate surface area is 252 Å². The van der Waals surface area contributed by atoms with Crippen LogP contribution in [0, 0.1) is 5.92 Å². The maximum atomic E-state index is 13.7. The largest absolute Gasteiger partial charge is 0.464 e. The molecule has 2 unspecified atom stereocenters. The van der Waals surface area contributed by atoms with Crippen LogP contribution in [0.25, 0.3) is 11.1 Å². The number of hydrogen-bond donors (Lipinski definition) is 1. The molecule has 2 fully saturated rings. The van der Waals surface area contributed by atoms with Gasteiger partial charge in [0.2, 0.25) is 5.91 Å². The van der Waals surface area contributed by atoms with Gasteiger partial charge in [-0.3, -0.25) is 9.69 Å². The molecule has 43 heavy (non-hydrogen) atoms. The molecule has 228 valence electrons. The van der Waals surface area contributed by atoms with Crippen molar-refractivity contribution in [3.8, 4) is 11.1 Å². The normalized spacial score (nSPS) is 22.6. The molecular weight excluding hydrogens is 550 g/mol. The highest BCUT2D eigenvalue weighted by Crippen LogP contribution is 2.46. The third kappa shape index (κ3) is 5.96. The first kappa shape index (κ1) is 30.1. The smallest absolute Gasteiger partial charge is 0.411 e. The van der Waals surface area contributed by atoms with Gasteiger partial charge in [-0.2, -0.15) is 0 Å². The lowest BCUT2D eigenvalue weighted by molar-refractivity contribution is -0.150. The number of hydrogen-bond acceptors (Lipinski definition) is 7. The zero-order valence-electron chi connectivity index (χ0n) is 25.1. The highest BCUT2D eigenvalue weighted by molar-refractivity contribution is 5.95. The first-order valence-electron chi connectivity index (χ1n) is 14.7. The minimum Gasteiger partial charge on any atom is -0.464 e. The number of esters is 1. The molecule has 1 saturated heterocycles. The van der Waals surface area contributed by atoms with Crippen molar-refractivity contribution in [1.29, 1.82) is 0 Å². The number of carbonyl (C=O) groups excluding carboxylic acids is 4. The van der Waals surface area contributed by atoms with Crippen LogP contribution in [0.1, 0.15) is 51.2 Å². The predicted octanol–water partition coefficient (Wildman–Crippen LogP) is 4.48. The monoisotopic (exact) mass is 589 g/mol. The van der Waals surface area contributed by atoms with Crippen molar-refractivity contribution < 1.29 is 33.4 Å². The topological polar surface area (TPSA) is 114 Å². The minimum absolute atomic E-state index is 0.0501. The molecule has 3 amide bonds. The van der Waals surface area contributed by atoms with Gasteiger partial charge in [0, 0.05) is 24.9 Å². The number of nitrogens with zero attached hydrogens (tertiary/aromatic N) is 2. The van der Waals surface area contributed by atoms with Crippen LogP contribution in [0.4, 0.5) is 9.59 Å². The Hall–Kier alpha value is -4.34. The third-order valence-electron chi connectivity index (χ3n) is 8.19. The molecular formula is C33H39N3O7. The molecule has 0 bridgehead atoms. The van der Waals surface area contributed by atoms with Crippen LogP contribution in [-0.2, 0) is 23.8 Å². The summed E-state index contributed by atoms with van der Waals surface area (Å²) in [5, 5.41) is 2.82. The second kappa shape index (κ2) is 11.7. The summed E-state index contributed by atoms with van der Waals surface area (Å²) in [5.74, 6) is -1.55. The van der Waals surface area contributed by atoms with Crippen molar-refractivity contribution in [3.05, 3.63) is 72.3 Å². The lowest BCUT2D eigenvalue weighted by Crippen LogP contribution is -2.64. The van der Waals surface area contributed by atoms with E-state index in [9.17, 15) is 19.2 Å². The highest BCUT2D eigenvalue weighted by Gasteiger charge is 2.62. The Morgan fingerprint density at radius 2 is 1.60 bits per heavy atom. The van der Waals surface area contributed by atoms with Gasteiger partial charge in [-0.25, -0.2) is 14.4 Å². The Morgan fingerprint density at radius 3 is 2.16 bits per heavy atom.